The van der Waals surface area contributed by atoms with Crippen LogP contribution in [0.2, 0.25) is 0 Å². The fourth-order valence-electron chi connectivity index (χ4n) is 8.04. The molecule has 410 valence electrons. The van der Waals surface area contributed by atoms with Crippen molar-refractivity contribution in [3.05, 3.63) is 109 Å². The standard InChI is InChI=1S/C66H110O6/c1-4-7-10-13-16-19-22-25-28-30-31-32-33-34-35-37-38-41-44-47-50-53-56-59-65(68)71-62-63(61-70-64(67)58-55-52-49-46-43-40-27-24-21-18-15-12-9-6-3)72-66(69)60-57-54-51-48-45-42-39-36-29-26-23-20-17-14-11-8-5-2/h7,10,15-16,18-19,24-25,27-28,31-32,34-35,38,41,47,50,63H,4-6,8-9,11-14,17,20-23,26,29-30,33,36-37,39-40,42-46,48-49,51-62H2,1-3H3/b10-7-,18-15-,19-16-,27-24-,28-25-,32-31-,35-34-,41-38-,50-47-. The molecule has 1 unspecified atom stereocenters. The summed E-state index contributed by atoms with van der Waals surface area (Å²) >= 11 is 0. The van der Waals surface area contributed by atoms with E-state index < -0.39 is 6.10 Å². The zero-order valence-electron chi connectivity index (χ0n) is 46.9. The summed E-state index contributed by atoms with van der Waals surface area (Å²) in [5.74, 6) is -0.972. The maximum absolute atomic E-state index is 12.9. The van der Waals surface area contributed by atoms with Gasteiger partial charge >= 0.3 is 17.9 Å². The van der Waals surface area contributed by atoms with Crippen molar-refractivity contribution >= 4 is 17.9 Å². The van der Waals surface area contributed by atoms with E-state index in [0.717, 1.165) is 116 Å². The van der Waals surface area contributed by atoms with Gasteiger partial charge in [-0.15, -0.1) is 0 Å². The van der Waals surface area contributed by atoms with Crippen molar-refractivity contribution in [2.75, 3.05) is 13.2 Å². The zero-order valence-corrected chi connectivity index (χ0v) is 46.9. The third-order valence-corrected chi connectivity index (χ3v) is 12.5. The molecule has 0 N–H and O–H groups in total. The second-order valence-corrected chi connectivity index (χ2v) is 19.5. The molecule has 0 heterocycles. The first kappa shape index (κ1) is 68.1. The largest absolute Gasteiger partial charge is 0.462 e. The van der Waals surface area contributed by atoms with Crippen LogP contribution in [0.15, 0.2) is 109 Å². The van der Waals surface area contributed by atoms with Gasteiger partial charge in [-0.05, 0) is 96.3 Å². The zero-order chi connectivity index (χ0) is 52.2. The van der Waals surface area contributed by atoms with Crippen LogP contribution >= 0.6 is 0 Å². The van der Waals surface area contributed by atoms with Crippen molar-refractivity contribution in [3.8, 4) is 0 Å². The highest BCUT2D eigenvalue weighted by Gasteiger charge is 2.19. The molecule has 0 saturated carbocycles. The lowest BCUT2D eigenvalue weighted by molar-refractivity contribution is -0.167. The summed E-state index contributed by atoms with van der Waals surface area (Å²) < 4.78 is 16.8. The van der Waals surface area contributed by atoms with E-state index in [0.29, 0.717) is 19.3 Å². The predicted octanol–water partition coefficient (Wildman–Crippen LogP) is 20.3. The van der Waals surface area contributed by atoms with Gasteiger partial charge in [0.1, 0.15) is 13.2 Å². The summed E-state index contributed by atoms with van der Waals surface area (Å²) in [5.41, 5.74) is 0. The molecule has 0 saturated heterocycles. The molecule has 0 spiro atoms. The minimum absolute atomic E-state index is 0.103. The minimum Gasteiger partial charge on any atom is -0.462 e. The maximum atomic E-state index is 12.9. The first-order chi connectivity index (χ1) is 35.5. The van der Waals surface area contributed by atoms with Gasteiger partial charge in [0, 0.05) is 19.3 Å². The molecule has 0 rings (SSSR count). The van der Waals surface area contributed by atoms with Crippen LogP contribution in [0.1, 0.15) is 271 Å². The molecule has 0 aliphatic heterocycles. The number of allylic oxidation sites excluding steroid dienone is 18. The second kappa shape index (κ2) is 59.6. The third kappa shape index (κ3) is 57.0. The van der Waals surface area contributed by atoms with Gasteiger partial charge in [0.25, 0.3) is 0 Å². The Morgan fingerprint density at radius 3 is 0.944 bits per heavy atom. The first-order valence-electron chi connectivity index (χ1n) is 29.9. The van der Waals surface area contributed by atoms with E-state index in [2.05, 4.69) is 130 Å². The Balaban J connectivity index is 4.48. The topological polar surface area (TPSA) is 78.9 Å². The van der Waals surface area contributed by atoms with Gasteiger partial charge in [0.2, 0.25) is 0 Å². The molecule has 0 fully saturated rings. The number of rotatable bonds is 53. The molecule has 6 heteroatoms. The highest BCUT2D eigenvalue weighted by atomic mass is 16.6. The van der Waals surface area contributed by atoms with Crippen LogP contribution in [0, 0.1) is 0 Å². The summed E-state index contributed by atoms with van der Waals surface area (Å²) in [6.45, 7) is 6.44. The highest BCUT2D eigenvalue weighted by molar-refractivity contribution is 5.71. The molecule has 0 aromatic heterocycles. The SMILES string of the molecule is CC/C=C\C/C=C\C/C=C\C/C=C\C/C=C\C/C=C\C/C=C\CCCC(=O)OCC(COC(=O)CCCCCCC/C=C\C/C=C\CCCC)OC(=O)CCCCCCCCCCCCCCCCCCC. The second-order valence-electron chi connectivity index (χ2n) is 19.5. The predicted molar refractivity (Wildman–Crippen MR) is 311 cm³/mol. The summed E-state index contributed by atoms with van der Waals surface area (Å²) in [5, 5.41) is 0. The van der Waals surface area contributed by atoms with Gasteiger partial charge in [-0.2, -0.15) is 0 Å². The number of hydrogen-bond donors (Lipinski definition) is 0. The normalized spacial score (nSPS) is 12.9. The van der Waals surface area contributed by atoms with Crippen molar-refractivity contribution in [2.24, 2.45) is 0 Å². The Morgan fingerprint density at radius 2 is 0.569 bits per heavy atom. The Morgan fingerprint density at radius 1 is 0.292 bits per heavy atom. The van der Waals surface area contributed by atoms with Crippen molar-refractivity contribution < 1.29 is 28.6 Å². The van der Waals surface area contributed by atoms with E-state index >= 15 is 0 Å². The minimum atomic E-state index is -0.808. The number of unbranched alkanes of at least 4 members (excludes halogenated alkanes) is 24. The average Bonchev–Trinajstić information content (AvgIpc) is 3.38. The molecular weight excluding hydrogens is 889 g/mol. The molecular formula is C66H110O6. The molecule has 0 aromatic rings. The summed E-state index contributed by atoms with van der Waals surface area (Å²) in [6, 6.07) is 0. The molecule has 72 heavy (non-hydrogen) atoms. The van der Waals surface area contributed by atoms with E-state index in [1.165, 1.54) is 109 Å². The Bertz CT molecular complexity index is 1470. The first-order valence-corrected chi connectivity index (χ1v) is 29.9. The Kier molecular flexibility index (Phi) is 56.4. The van der Waals surface area contributed by atoms with E-state index in [-0.39, 0.29) is 37.5 Å². The number of carbonyl (C=O) groups excluding carboxylic acids is 3. The molecule has 1 atom stereocenters. The van der Waals surface area contributed by atoms with Crippen LogP contribution in [-0.4, -0.2) is 37.2 Å². The number of hydrogen-bond acceptors (Lipinski definition) is 6. The van der Waals surface area contributed by atoms with Crippen LogP contribution in [-0.2, 0) is 28.6 Å². The summed E-state index contributed by atoms with van der Waals surface area (Å²) in [6.07, 6.45) is 80.8. The maximum Gasteiger partial charge on any atom is 0.306 e. The van der Waals surface area contributed by atoms with Crippen molar-refractivity contribution in [3.63, 3.8) is 0 Å². The summed E-state index contributed by atoms with van der Waals surface area (Å²) in [4.78, 5) is 38.2. The molecule has 0 aliphatic carbocycles. The van der Waals surface area contributed by atoms with Crippen molar-refractivity contribution in [1.29, 1.82) is 0 Å². The van der Waals surface area contributed by atoms with E-state index in [4.69, 9.17) is 14.2 Å². The van der Waals surface area contributed by atoms with Crippen molar-refractivity contribution in [2.45, 2.75) is 277 Å². The van der Waals surface area contributed by atoms with Gasteiger partial charge in [-0.1, -0.05) is 265 Å². The molecule has 0 bridgehead atoms. The van der Waals surface area contributed by atoms with E-state index in [9.17, 15) is 14.4 Å². The van der Waals surface area contributed by atoms with Crippen LogP contribution in [0.3, 0.4) is 0 Å². The van der Waals surface area contributed by atoms with E-state index in [1.54, 1.807) is 0 Å². The van der Waals surface area contributed by atoms with Gasteiger partial charge < -0.3 is 14.2 Å². The molecule has 0 amide bonds. The number of esters is 3. The fraction of sp³-hybridized carbons (Fsp3) is 0.682. The van der Waals surface area contributed by atoms with Gasteiger partial charge in [-0.3, -0.25) is 14.4 Å². The highest BCUT2D eigenvalue weighted by Crippen LogP contribution is 2.16. The van der Waals surface area contributed by atoms with Crippen LogP contribution in [0.25, 0.3) is 0 Å². The number of carbonyl (C=O) groups is 3. The van der Waals surface area contributed by atoms with Crippen LogP contribution in [0.4, 0.5) is 0 Å². The smallest absolute Gasteiger partial charge is 0.306 e. The fourth-order valence-corrected chi connectivity index (χ4v) is 8.04. The lowest BCUT2D eigenvalue weighted by Gasteiger charge is -2.18. The van der Waals surface area contributed by atoms with Crippen LogP contribution in [0.5, 0.6) is 0 Å². The van der Waals surface area contributed by atoms with E-state index in [1.807, 2.05) is 0 Å². The quantitative estimate of drug-likeness (QED) is 0.0261. The van der Waals surface area contributed by atoms with Crippen LogP contribution < -0.4 is 0 Å². The van der Waals surface area contributed by atoms with Gasteiger partial charge in [0.15, 0.2) is 6.10 Å². The summed E-state index contributed by atoms with van der Waals surface area (Å²) in [7, 11) is 0. The molecule has 0 radical (unpaired) electrons. The lowest BCUT2D eigenvalue weighted by Crippen LogP contribution is -2.30. The Labute approximate surface area is 444 Å². The molecule has 0 aliphatic rings. The van der Waals surface area contributed by atoms with Gasteiger partial charge in [-0.25, -0.2) is 0 Å². The monoisotopic (exact) mass is 999 g/mol. The van der Waals surface area contributed by atoms with Crippen molar-refractivity contribution in [1.82, 2.24) is 0 Å². The van der Waals surface area contributed by atoms with Gasteiger partial charge in [0.05, 0.1) is 0 Å². The third-order valence-electron chi connectivity index (χ3n) is 12.5. The molecule has 6 nitrogen and oxygen atoms in total. The molecule has 0 aromatic carbocycles. The average molecular weight is 1000 g/mol. The Hall–Kier alpha value is -3.93. The lowest BCUT2D eigenvalue weighted by atomic mass is 10.0. The number of ether oxygens (including phenoxy) is 3.